The Morgan fingerprint density at radius 2 is 2.00 bits per heavy atom. The predicted molar refractivity (Wildman–Crippen MR) is 76.9 cm³/mol. The van der Waals surface area contributed by atoms with Crippen LogP contribution in [0.5, 0.6) is 0 Å². The summed E-state index contributed by atoms with van der Waals surface area (Å²) >= 11 is 0. The monoisotopic (exact) mass is 252 g/mol. The molecule has 3 aromatic rings. The van der Waals surface area contributed by atoms with E-state index in [1.54, 1.807) is 6.20 Å². The molecule has 2 aromatic heterocycles. The van der Waals surface area contributed by atoms with Crippen LogP contribution in [0.2, 0.25) is 0 Å². The molecule has 3 rings (SSSR count). The second-order valence-electron chi connectivity index (χ2n) is 4.50. The maximum Gasteiger partial charge on any atom is 0.126 e. The van der Waals surface area contributed by atoms with E-state index in [0.717, 1.165) is 17.8 Å². The van der Waals surface area contributed by atoms with Gasteiger partial charge in [-0.25, -0.2) is 4.98 Å². The number of aromatic nitrogens is 3. The summed E-state index contributed by atoms with van der Waals surface area (Å²) in [6.45, 7) is 2.96. The second-order valence-corrected chi connectivity index (χ2v) is 4.50. The zero-order chi connectivity index (χ0) is 13.2. The molecule has 4 nitrogen and oxygen atoms in total. The Labute approximate surface area is 111 Å². The van der Waals surface area contributed by atoms with Gasteiger partial charge in [0.05, 0.1) is 11.2 Å². The van der Waals surface area contributed by atoms with Gasteiger partial charge in [-0.1, -0.05) is 24.3 Å². The van der Waals surface area contributed by atoms with Gasteiger partial charge in [-0.05, 0) is 19.1 Å². The molecule has 0 saturated heterocycles. The average Bonchev–Trinajstić information content (AvgIpc) is 2.80. The van der Waals surface area contributed by atoms with Crippen LogP contribution in [0.25, 0.3) is 10.9 Å². The van der Waals surface area contributed by atoms with Crippen molar-refractivity contribution in [1.82, 2.24) is 14.8 Å². The standard InChI is InChI=1S/C15H16N4/c1-2-19-14-8-4-3-7-12(14)13(18-19)10-11-6-5-9-17-15(11)16/h3-9H,2,10H2,1H3,(H2,16,17). The molecule has 0 bridgehead atoms. The smallest absolute Gasteiger partial charge is 0.126 e. The van der Waals surface area contributed by atoms with Crippen molar-refractivity contribution in [1.29, 1.82) is 0 Å². The van der Waals surface area contributed by atoms with E-state index in [9.17, 15) is 0 Å². The highest BCUT2D eigenvalue weighted by molar-refractivity contribution is 5.82. The van der Waals surface area contributed by atoms with Crippen LogP contribution in [0.1, 0.15) is 18.2 Å². The summed E-state index contributed by atoms with van der Waals surface area (Å²) in [6, 6.07) is 12.2. The van der Waals surface area contributed by atoms with Crippen molar-refractivity contribution in [3.63, 3.8) is 0 Å². The molecule has 0 atom stereocenters. The fourth-order valence-corrected chi connectivity index (χ4v) is 2.35. The number of nitrogen functional groups attached to an aromatic ring is 1. The third-order valence-corrected chi connectivity index (χ3v) is 3.32. The Balaban J connectivity index is 2.09. The Morgan fingerprint density at radius 3 is 2.79 bits per heavy atom. The molecule has 19 heavy (non-hydrogen) atoms. The highest BCUT2D eigenvalue weighted by atomic mass is 15.3. The van der Waals surface area contributed by atoms with Crippen LogP contribution in [-0.4, -0.2) is 14.8 Å². The van der Waals surface area contributed by atoms with Crippen LogP contribution in [0.15, 0.2) is 42.6 Å². The van der Waals surface area contributed by atoms with Crippen molar-refractivity contribution in [2.45, 2.75) is 19.9 Å². The van der Waals surface area contributed by atoms with Crippen LogP contribution >= 0.6 is 0 Å². The average molecular weight is 252 g/mol. The van der Waals surface area contributed by atoms with Gasteiger partial charge in [0.15, 0.2) is 0 Å². The lowest BCUT2D eigenvalue weighted by atomic mass is 10.1. The molecular weight excluding hydrogens is 236 g/mol. The Kier molecular flexibility index (Phi) is 2.91. The first-order valence-electron chi connectivity index (χ1n) is 6.43. The highest BCUT2D eigenvalue weighted by Gasteiger charge is 2.11. The molecule has 0 radical (unpaired) electrons. The van der Waals surface area contributed by atoms with Crippen LogP contribution in [-0.2, 0) is 13.0 Å². The van der Waals surface area contributed by atoms with Crippen LogP contribution < -0.4 is 5.73 Å². The van der Waals surface area contributed by atoms with Gasteiger partial charge in [-0.2, -0.15) is 5.10 Å². The van der Waals surface area contributed by atoms with Gasteiger partial charge in [-0.15, -0.1) is 0 Å². The van der Waals surface area contributed by atoms with Crippen molar-refractivity contribution in [3.8, 4) is 0 Å². The van der Waals surface area contributed by atoms with Crippen LogP contribution in [0.4, 0.5) is 5.82 Å². The fourth-order valence-electron chi connectivity index (χ4n) is 2.35. The molecule has 0 aliphatic carbocycles. The van der Waals surface area contributed by atoms with Crippen molar-refractivity contribution in [2.75, 3.05) is 5.73 Å². The third kappa shape index (κ3) is 2.05. The van der Waals surface area contributed by atoms with Crippen LogP contribution in [0, 0.1) is 0 Å². The van der Waals surface area contributed by atoms with E-state index in [-0.39, 0.29) is 0 Å². The number of benzene rings is 1. The summed E-state index contributed by atoms with van der Waals surface area (Å²) in [7, 11) is 0. The van der Waals surface area contributed by atoms with E-state index in [2.05, 4.69) is 29.1 Å². The van der Waals surface area contributed by atoms with Gasteiger partial charge in [0.25, 0.3) is 0 Å². The molecule has 96 valence electrons. The first-order valence-corrected chi connectivity index (χ1v) is 6.43. The SMILES string of the molecule is CCn1nc(Cc2cccnc2N)c2ccccc21. The minimum absolute atomic E-state index is 0.581. The molecule has 1 aromatic carbocycles. The third-order valence-electron chi connectivity index (χ3n) is 3.32. The van der Waals surface area contributed by atoms with E-state index in [4.69, 9.17) is 5.73 Å². The van der Waals surface area contributed by atoms with Crippen molar-refractivity contribution in [2.24, 2.45) is 0 Å². The number of rotatable bonds is 3. The maximum atomic E-state index is 5.91. The Morgan fingerprint density at radius 1 is 1.16 bits per heavy atom. The minimum Gasteiger partial charge on any atom is -0.383 e. The fraction of sp³-hybridized carbons (Fsp3) is 0.200. The van der Waals surface area contributed by atoms with Gasteiger partial charge in [0, 0.05) is 30.1 Å². The summed E-state index contributed by atoms with van der Waals surface area (Å²) in [4.78, 5) is 4.13. The molecule has 0 spiro atoms. The molecule has 0 amide bonds. The van der Waals surface area contributed by atoms with E-state index < -0.39 is 0 Å². The predicted octanol–water partition coefficient (Wildman–Crippen LogP) is 2.62. The van der Waals surface area contributed by atoms with E-state index in [1.807, 2.05) is 28.9 Å². The lowest BCUT2D eigenvalue weighted by Crippen LogP contribution is -2.00. The number of anilines is 1. The lowest BCUT2D eigenvalue weighted by molar-refractivity contribution is 0.672. The zero-order valence-corrected chi connectivity index (χ0v) is 10.9. The molecule has 0 fully saturated rings. The molecular formula is C15H16N4. The highest BCUT2D eigenvalue weighted by Crippen LogP contribution is 2.22. The van der Waals surface area contributed by atoms with Gasteiger partial charge in [-0.3, -0.25) is 4.68 Å². The van der Waals surface area contributed by atoms with Crippen molar-refractivity contribution < 1.29 is 0 Å². The Hall–Kier alpha value is -2.36. The summed E-state index contributed by atoms with van der Waals surface area (Å²) in [6.07, 6.45) is 2.43. The Bertz CT molecular complexity index is 715. The summed E-state index contributed by atoms with van der Waals surface area (Å²) in [5.74, 6) is 0.581. The molecule has 2 heterocycles. The van der Waals surface area contributed by atoms with Gasteiger partial charge < -0.3 is 5.73 Å². The number of nitrogens with zero attached hydrogens (tertiary/aromatic N) is 3. The maximum absolute atomic E-state index is 5.91. The quantitative estimate of drug-likeness (QED) is 0.779. The molecule has 0 aliphatic rings. The minimum atomic E-state index is 0.581. The van der Waals surface area contributed by atoms with Crippen molar-refractivity contribution >= 4 is 16.7 Å². The van der Waals surface area contributed by atoms with E-state index in [0.29, 0.717) is 12.2 Å². The normalized spacial score (nSPS) is 11.0. The van der Waals surface area contributed by atoms with Crippen molar-refractivity contribution in [3.05, 3.63) is 53.9 Å². The zero-order valence-electron chi connectivity index (χ0n) is 10.9. The number of para-hydroxylation sites is 1. The summed E-state index contributed by atoms with van der Waals surface area (Å²) < 4.78 is 2.03. The number of hydrogen-bond donors (Lipinski definition) is 1. The van der Waals surface area contributed by atoms with E-state index >= 15 is 0 Å². The number of hydrogen-bond acceptors (Lipinski definition) is 3. The van der Waals surface area contributed by atoms with Gasteiger partial charge in [0.2, 0.25) is 0 Å². The van der Waals surface area contributed by atoms with Crippen LogP contribution in [0.3, 0.4) is 0 Å². The largest absolute Gasteiger partial charge is 0.383 e. The molecule has 0 aliphatic heterocycles. The number of aryl methyl sites for hydroxylation is 1. The molecule has 0 saturated carbocycles. The molecule has 4 heteroatoms. The second kappa shape index (κ2) is 4.72. The number of fused-ring (bicyclic) bond motifs is 1. The number of pyridine rings is 1. The summed E-state index contributed by atoms with van der Waals surface area (Å²) in [5, 5.41) is 5.87. The molecule has 0 unspecified atom stereocenters. The lowest BCUT2D eigenvalue weighted by Gasteiger charge is -2.02. The molecule has 2 N–H and O–H groups in total. The first kappa shape index (κ1) is 11.7. The van der Waals surface area contributed by atoms with E-state index in [1.165, 1.54) is 10.9 Å². The summed E-state index contributed by atoms with van der Waals surface area (Å²) in [5.41, 5.74) is 9.15. The van der Waals surface area contributed by atoms with Gasteiger partial charge in [0.1, 0.15) is 5.82 Å². The number of nitrogens with two attached hydrogens (primary N) is 1. The topological polar surface area (TPSA) is 56.7 Å². The first-order chi connectivity index (χ1) is 9.29. The van der Waals surface area contributed by atoms with Gasteiger partial charge >= 0.3 is 0 Å².